The minimum atomic E-state index is -0.850. The van der Waals surface area contributed by atoms with Crippen molar-refractivity contribution in [2.75, 3.05) is 4.90 Å². The van der Waals surface area contributed by atoms with Crippen LogP contribution in [0.15, 0.2) is 18.2 Å². The van der Waals surface area contributed by atoms with Crippen LogP contribution in [0.25, 0.3) is 0 Å². The molecule has 2 rings (SSSR count). The first-order valence-corrected chi connectivity index (χ1v) is 6.95. The molecular weight excluding hydrogens is 278 g/mol. The number of piperazine rings is 1. The van der Waals surface area contributed by atoms with Crippen molar-refractivity contribution in [2.45, 2.75) is 39.3 Å². The summed E-state index contributed by atoms with van der Waals surface area (Å²) in [6, 6.07) is 1.33. The number of nitrogens with one attached hydrogen (secondary N) is 1. The summed E-state index contributed by atoms with van der Waals surface area (Å²) in [6.07, 6.45) is 0.392. The van der Waals surface area contributed by atoms with Crippen molar-refractivity contribution in [2.24, 2.45) is 5.92 Å². The first-order chi connectivity index (χ1) is 9.86. The number of carbonyl (C=O) groups is 2. The standard InChI is InChI=1S/C15H18F2N2O2/c1-4-11-15(21)19(13(8(2)3)14(20)18-11)12-7-9(16)5-6-10(12)17/h5-8,11,13H,4H2,1-3H3,(H,18,20). The van der Waals surface area contributed by atoms with Gasteiger partial charge in [-0.15, -0.1) is 0 Å². The Morgan fingerprint density at radius 1 is 1.29 bits per heavy atom. The fourth-order valence-electron chi connectivity index (χ4n) is 2.56. The third-order valence-corrected chi connectivity index (χ3v) is 3.61. The zero-order valence-corrected chi connectivity index (χ0v) is 12.2. The van der Waals surface area contributed by atoms with Gasteiger partial charge in [0, 0.05) is 6.07 Å². The Kier molecular flexibility index (Phi) is 4.25. The quantitative estimate of drug-likeness (QED) is 0.930. The van der Waals surface area contributed by atoms with Gasteiger partial charge in [-0.1, -0.05) is 20.8 Å². The number of amides is 2. The number of hydrogen-bond donors (Lipinski definition) is 1. The van der Waals surface area contributed by atoms with Gasteiger partial charge in [-0.25, -0.2) is 8.78 Å². The predicted molar refractivity (Wildman–Crippen MR) is 74.7 cm³/mol. The second-order valence-electron chi connectivity index (χ2n) is 5.46. The van der Waals surface area contributed by atoms with Gasteiger partial charge < -0.3 is 5.32 Å². The Labute approximate surface area is 122 Å². The Morgan fingerprint density at radius 2 is 1.95 bits per heavy atom. The normalized spacial score (nSPS) is 22.7. The lowest BCUT2D eigenvalue weighted by molar-refractivity contribution is -0.134. The molecule has 0 bridgehead atoms. The van der Waals surface area contributed by atoms with Crippen molar-refractivity contribution in [3.05, 3.63) is 29.8 Å². The van der Waals surface area contributed by atoms with E-state index in [9.17, 15) is 18.4 Å². The molecule has 2 amide bonds. The van der Waals surface area contributed by atoms with Crippen LogP contribution in [0.4, 0.5) is 14.5 Å². The van der Waals surface area contributed by atoms with Gasteiger partial charge in [-0.2, -0.15) is 0 Å². The van der Waals surface area contributed by atoms with E-state index < -0.39 is 29.6 Å². The molecule has 0 spiro atoms. The fraction of sp³-hybridized carbons (Fsp3) is 0.467. The van der Waals surface area contributed by atoms with Crippen molar-refractivity contribution in [3.8, 4) is 0 Å². The number of hydrogen-bond acceptors (Lipinski definition) is 2. The first kappa shape index (κ1) is 15.4. The molecule has 1 aliphatic heterocycles. The molecule has 21 heavy (non-hydrogen) atoms. The average Bonchev–Trinajstić information content (AvgIpc) is 2.43. The summed E-state index contributed by atoms with van der Waals surface area (Å²) in [6.45, 7) is 5.26. The van der Waals surface area contributed by atoms with E-state index in [0.29, 0.717) is 6.42 Å². The van der Waals surface area contributed by atoms with Crippen LogP contribution in [0.1, 0.15) is 27.2 Å². The van der Waals surface area contributed by atoms with E-state index in [1.165, 1.54) is 0 Å². The zero-order valence-electron chi connectivity index (χ0n) is 12.2. The summed E-state index contributed by atoms with van der Waals surface area (Å²) < 4.78 is 27.5. The van der Waals surface area contributed by atoms with Crippen LogP contribution in [-0.4, -0.2) is 23.9 Å². The topological polar surface area (TPSA) is 49.4 Å². The molecule has 0 aromatic heterocycles. The Bertz CT molecular complexity index is 575. The number of rotatable bonds is 3. The lowest BCUT2D eigenvalue weighted by Crippen LogP contribution is -2.65. The number of anilines is 1. The number of nitrogens with zero attached hydrogens (tertiary/aromatic N) is 1. The zero-order chi connectivity index (χ0) is 15.7. The van der Waals surface area contributed by atoms with Crippen LogP contribution < -0.4 is 10.2 Å². The molecule has 1 fully saturated rings. The highest BCUT2D eigenvalue weighted by molar-refractivity contribution is 6.08. The van der Waals surface area contributed by atoms with Gasteiger partial charge in [0.15, 0.2) is 0 Å². The summed E-state index contributed by atoms with van der Waals surface area (Å²) in [7, 11) is 0. The summed E-state index contributed by atoms with van der Waals surface area (Å²) >= 11 is 0. The van der Waals surface area contributed by atoms with Crippen LogP contribution in [0.2, 0.25) is 0 Å². The maximum atomic E-state index is 14.0. The fourth-order valence-corrected chi connectivity index (χ4v) is 2.56. The molecule has 4 nitrogen and oxygen atoms in total. The average molecular weight is 296 g/mol. The second-order valence-corrected chi connectivity index (χ2v) is 5.46. The number of benzene rings is 1. The molecular formula is C15H18F2N2O2. The molecule has 1 N–H and O–H groups in total. The molecule has 1 heterocycles. The van der Waals surface area contributed by atoms with E-state index in [1.54, 1.807) is 20.8 Å². The minimum Gasteiger partial charge on any atom is -0.342 e. The SMILES string of the molecule is CCC1NC(=O)C(C(C)C)N(c2cc(F)ccc2F)C1=O. The molecule has 114 valence electrons. The van der Waals surface area contributed by atoms with Crippen LogP contribution in [-0.2, 0) is 9.59 Å². The lowest BCUT2D eigenvalue weighted by atomic mass is 9.95. The summed E-state index contributed by atoms with van der Waals surface area (Å²) in [5.74, 6) is -2.37. The summed E-state index contributed by atoms with van der Waals surface area (Å²) in [5, 5.41) is 2.63. The third kappa shape index (κ3) is 2.75. The van der Waals surface area contributed by atoms with Gasteiger partial charge in [0.05, 0.1) is 5.69 Å². The van der Waals surface area contributed by atoms with Gasteiger partial charge in [0.2, 0.25) is 11.8 Å². The van der Waals surface area contributed by atoms with E-state index in [0.717, 1.165) is 23.1 Å². The maximum absolute atomic E-state index is 14.0. The highest BCUT2D eigenvalue weighted by Gasteiger charge is 2.43. The van der Waals surface area contributed by atoms with E-state index >= 15 is 0 Å². The molecule has 0 saturated carbocycles. The molecule has 1 aromatic rings. The minimum absolute atomic E-state index is 0.188. The molecule has 1 saturated heterocycles. The van der Waals surface area contributed by atoms with Crippen molar-refractivity contribution < 1.29 is 18.4 Å². The van der Waals surface area contributed by atoms with Crippen LogP contribution in [0.3, 0.4) is 0 Å². The number of halogens is 2. The van der Waals surface area contributed by atoms with E-state index in [2.05, 4.69) is 5.32 Å². The molecule has 2 unspecified atom stereocenters. The summed E-state index contributed by atoms with van der Waals surface area (Å²) in [4.78, 5) is 25.8. The van der Waals surface area contributed by atoms with E-state index in [1.807, 2.05) is 0 Å². The largest absolute Gasteiger partial charge is 0.342 e. The van der Waals surface area contributed by atoms with Gasteiger partial charge >= 0.3 is 0 Å². The summed E-state index contributed by atoms with van der Waals surface area (Å²) in [5.41, 5.74) is -0.188. The van der Waals surface area contributed by atoms with Crippen molar-refractivity contribution >= 4 is 17.5 Å². The molecule has 1 aliphatic rings. The highest BCUT2D eigenvalue weighted by atomic mass is 19.1. The smallest absolute Gasteiger partial charge is 0.250 e. The predicted octanol–water partition coefficient (Wildman–Crippen LogP) is 2.23. The first-order valence-electron chi connectivity index (χ1n) is 6.95. The van der Waals surface area contributed by atoms with Crippen molar-refractivity contribution in [3.63, 3.8) is 0 Å². The van der Waals surface area contributed by atoms with Crippen molar-refractivity contribution in [1.82, 2.24) is 5.32 Å². The molecule has 6 heteroatoms. The molecule has 2 atom stereocenters. The Morgan fingerprint density at radius 3 is 2.52 bits per heavy atom. The second kappa shape index (κ2) is 5.79. The molecule has 1 aromatic carbocycles. The van der Waals surface area contributed by atoms with E-state index in [-0.39, 0.29) is 17.5 Å². The Balaban J connectivity index is 2.55. The van der Waals surface area contributed by atoms with Crippen LogP contribution in [0.5, 0.6) is 0 Å². The number of carbonyl (C=O) groups excluding carboxylic acids is 2. The van der Waals surface area contributed by atoms with Gasteiger partial charge in [0.25, 0.3) is 0 Å². The maximum Gasteiger partial charge on any atom is 0.250 e. The third-order valence-electron chi connectivity index (χ3n) is 3.61. The molecule has 0 aliphatic carbocycles. The van der Waals surface area contributed by atoms with Crippen molar-refractivity contribution in [1.29, 1.82) is 0 Å². The Hall–Kier alpha value is -1.98. The van der Waals surface area contributed by atoms with Crippen LogP contribution in [0, 0.1) is 17.6 Å². The molecule has 0 radical (unpaired) electrons. The van der Waals surface area contributed by atoms with Gasteiger partial charge in [-0.3, -0.25) is 14.5 Å². The van der Waals surface area contributed by atoms with E-state index in [4.69, 9.17) is 0 Å². The van der Waals surface area contributed by atoms with Crippen LogP contribution >= 0.6 is 0 Å². The monoisotopic (exact) mass is 296 g/mol. The lowest BCUT2D eigenvalue weighted by Gasteiger charge is -2.40. The van der Waals surface area contributed by atoms with Gasteiger partial charge in [0.1, 0.15) is 23.7 Å². The van der Waals surface area contributed by atoms with Gasteiger partial charge in [-0.05, 0) is 24.5 Å². The highest BCUT2D eigenvalue weighted by Crippen LogP contribution is 2.29.